The molecule has 5 aliphatic rings. The summed E-state index contributed by atoms with van der Waals surface area (Å²) in [6.45, 7) is 6.00. The summed E-state index contributed by atoms with van der Waals surface area (Å²) in [6, 6.07) is 9.23. The van der Waals surface area contributed by atoms with Crippen LogP contribution in [0.25, 0.3) is 0 Å². The third-order valence-corrected chi connectivity index (χ3v) is 10.4. The first-order valence-corrected chi connectivity index (χ1v) is 14.1. The minimum absolute atomic E-state index is 0. The van der Waals surface area contributed by atoms with Crippen LogP contribution in [0.5, 0.6) is 11.5 Å². The normalized spacial score (nSPS) is 31.7. The van der Waals surface area contributed by atoms with Crippen molar-refractivity contribution in [3.8, 4) is 23.3 Å². The second kappa shape index (κ2) is 9.16. The quantitative estimate of drug-likeness (QED) is 0.570. The van der Waals surface area contributed by atoms with E-state index in [2.05, 4.69) is 23.7 Å². The number of nitrogens with zero attached hydrogens (tertiary/aromatic N) is 2. The first-order chi connectivity index (χ1) is 18.2. The van der Waals surface area contributed by atoms with Crippen LogP contribution in [0, 0.1) is 31.6 Å². The van der Waals surface area contributed by atoms with E-state index in [0.717, 1.165) is 42.6 Å². The number of hydrogen-bond donors (Lipinski definition) is 2. The minimum atomic E-state index is -1.19. The van der Waals surface area contributed by atoms with Gasteiger partial charge in [-0.1, -0.05) is 18.1 Å². The molecule has 6 nitrogen and oxygen atoms in total. The van der Waals surface area contributed by atoms with Crippen molar-refractivity contribution in [2.75, 3.05) is 20.1 Å². The molecule has 7 rings (SSSR count). The molecule has 2 aromatic carbocycles. The van der Waals surface area contributed by atoms with Gasteiger partial charge in [0.15, 0.2) is 11.5 Å². The second-order valence-corrected chi connectivity index (χ2v) is 12.3. The average Bonchev–Trinajstić information content (AvgIpc) is 3.64. The fraction of sp³-hybridized carbons (Fsp3) is 0.531. The number of halogens is 1. The Morgan fingerprint density at radius 3 is 2.69 bits per heavy atom. The van der Waals surface area contributed by atoms with Crippen molar-refractivity contribution in [1.82, 2.24) is 9.80 Å². The number of likely N-dealkylation sites (N-methyl/N-ethyl adjacent to an activating group) is 1. The predicted molar refractivity (Wildman–Crippen MR) is 151 cm³/mol. The van der Waals surface area contributed by atoms with E-state index < -0.39 is 17.1 Å². The minimum Gasteiger partial charge on any atom is -0.504 e. The summed E-state index contributed by atoms with van der Waals surface area (Å²) < 4.78 is 6.46. The molecule has 1 amide bonds. The molecule has 7 heteroatoms. The fourth-order valence-corrected chi connectivity index (χ4v) is 8.15. The largest absolute Gasteiger partial charge is 0.504 e. The molecular formula is C32H37ClN2O4. The first kappa shape index (κ1) is 26.5. The van der Waals surface area contributed by atoms with Crippen LogP contribution in [-0.4, -0.2) is 69.8 Å². The van der Waals surface area contributed by atoms with Crippen LogP contribution < -0.4 is 4.74 Å². The number of likely N-dealkylation sites (tertiary alicyclic amines) is 1. The number of piperidine rings is 1. The smallest absolute Gasteiger partial charge is 0.298 e. The number of phenols is 1. The van der Waals surface area contributed by atoms with Gasteiger partial charge in [-0.25, -0.2) is 0 Å². The number of ether oxygens (including phenoxy) is 1. The molecule has 2 N–H and O–H groups in total. The first-order valence-electron chi connectivity index (χ1n) is 14.1. The number of carbonyl (C=O) groups is 1. The standard InChI is InChI=1S/C32H36N2O4.ClH/c1-19-4-5-21(16-20(19)2)8-13-28(36)33(3)25-11-12-27-31-14-15-34(18-22-6-7-22)26(32(25,31)37)17-23-9-10-24(35)30(38-27)29(23)31;/h4-5,9-10,16,22,25-27,35,37H,6-7,11-12,14-15,17-18H2,1-3H3;1H/t25-,26-,27+,31-,32-;/m1./s1. The molecule has 2 heterocycles. The topological polar surface area (TPSA) is 73.2 Å². The molecule has 3 fully saturated rings. The summed E-state index contributed by atoms with van der Waals surface area (Å²) in [5.41, 5.74) is 3.48. The molecule has 0 unspecified atom stereocenters. The summed E-state index contributed by atoms with van der Waals surface area (Å²) in [4.78, 5) is 17.7. The number of phenolic OH excluding ortho intramolecular Hbond substituents is 1. The van der Waals surface area contributed by atoms with E-state index in [4.69, 9.17) is 4.74 Å². The van der Waals surface area contributed by atoms with Crippen molar-refractivity contribution in [2.45, 2.75) is 81.6 Å². The molecule has 1 spiro atoms. The van der Waals surface area contributed by atoms with Crippen molar-refractivity contribution in [1.29, 1.82) is 0 Å². The van der Waals surface area contributed by atoms with Crippen molar-refractivity contribution in [2.24, 2.45) is 5.92 Å². The maximum Gasteiger partial charge on any atom is 0.298 e. The molecule has 2 bridgehead atoms. The molecule has 3 aliphatic carbocycles. The Hall–Kier alpha value is -2.72. The van der Waals surface area contributed by atoms with E-state index in [0.29, 0.717) is 24.5 Å². The van der Waals surface area contributed by atoms with E-state index >= 15 is 0 Å². The van der Waals surface area contributed by atoms with Gasteiger partial charge in [-0.3, -0.25) is 9.69 Å². The van der Waals surface area contributed by atoms with Gasteiger partial charge >= 0.3 is 0 Å². The van der Waals surface area contributed by atoms with Crippen molar-refractivity contribution in [3.63, 3.8) is 0 Å². The lowest BCUT2D eigenvalue weighted by Crippen LogP contribution is -2.81. The Balaban J connectivity index is 0.00000277. The van der Waals surface area contributed by atoms with Crippen molar-refractivity contribution in [3.05, 3.63) is 58.1 Å². The monoisotopic (exact) mass is 548 g/mol. The molecule has 206 valence electrons. The summed E-state index contributed by atoms with van der Waals surface area (Å²) in [5.74, 6) is 7.04. The van der Waals surface area contributed by atoms with Gasteiger partial charge in [0.2, 0.25) is 0 Å². The predicted octanol–water partition coefficient (Wildman–Crippen LogP) is 3.87. The number of hydrogen-bond acceptors (Lipinski definition) is 5. The highest BCUT2D eigenvalue weighted by Crippen LogP contribution is 2.66. The van der Waals surface area contributed by atoms with Gasteiger partial charge in [0.05, 0.1) is 11.5 Å². The summed E-state index contributed by atoms with van der Waals surface area (Å²) in [6.07, 6.45) is 5.10. The van der Waals surface area contributed by atoms with Gasteiger partial charge in [-0.15, -0.1) is 12.4 Å². The highest BCUT2D eigenvalue weighted by Gasteiger charge is 2.74. The van der Waals surface area contributed by atoms with Crippen molar-refractivity contribution < 1.29 is 19.7 Å². The lowest BCUT2D eigenvalue weighted by Gasteiger charge is -2.66. The molecular weight excluding hydrogens is 512 g/mol. The zero-order chi connectivity index (χ0) is 26.4. The van der Waals surface area contributed by atoms with E-state index in [1.54, 1.807) is 18.0 Å². The number of carbonyl (C=O) groups excluding carboxylic acids is 1. The Kier molecular flexibility index (Phi) is 6.22. The lowest BCUT2D eigenvalue weighted by atomic mass is 9.47. The van der Waals surface area contributed by atoms with Crippen LogP contribution in [0.2, 0.25) is 0 Å². The van der Waals surface area contributed by atoms with Gasteiger partial charge in [0.1, 0.15) is 11.7 Å². The number of aliphatic hydroxyl groups is 1. The molecule has 2 saturated carbocycles. The van der Waals surface area contributed by atoms with Gasteiger partial charge in [-0.2, -0.15) is 0 Å². The summed E-state index contributed by atoms with van der Waals surface area (Å²) >= 11 is 0. The molecule has 5 atom stereocenters. The van der Waals surface area contributed by atoms with Gasteiger partial charge in [-0.05, 0) is 99.7 Å². The van der Waals surface area contributed by atoms with E-state index in [1.807, 2.05) is 31.2 Å². The van der Waals surface area contributed by atoms with E-state index in [1.165, 1.54) is 24.0 Å². The summed E-state index contributed by atoms with van der Waals surface area (Å²) in [5, 5.41) is 23.8. The lowest BCUT2D eigenvalue weighted by molar-refractivity contribution is -0.217. The summed E-state index contributed by atoms with van der Waals surface area (Å²) in [7, 11) is 1.80. The molecule has 0 radical (unpaired) electrons. The number of benzene rings is 2. The maximum atomic E-state index is 13.5. The van der Waals surface area contributed by atoms with Gasteiger partial charge in [0.25, 0.3) is 5.91 Å². The Bertz CT molecular complexity index is 1410. The zero-order valence-electron chi connectivity index (χ0n) is 22.9. The highest BCUT2D eigenvalue weighted by atomic mass is 35.5. The van der Waals surface area contributed by atoms with Gasteiger partial charge in [0, 0.05) is 36.7 Å². The maximum absolute atomic E-state index is 13.5. The van der Waals surface area contributed by atoms with Crippen LogP contribution >= 0.6 is 12.4 Å². The number of rotatable bonds is 3. The number of aromatic hydroxyl groups is 1. The van der Waals surface area contributed by atoms with Crippen LogP contribution in [0.4, 0.5) is 0 Å². The van der Waals surface area contributed by atoms with Crippen LogP contribution in [0.3, 0.4) is 0 Å². The molecule has 1 saturated heterocycles. The third-order valence-electron chi connectivity index (χ3n) is 10.4. The Morgan fingerprint density at radius 1 is 1.15 bits per heavy atom. The van der Waals surface area contributed by atoms with Crippen LogP contribution in [0.1, 0.15) is 59.9 Å². The second-order valence-electron chi connectivity index (χ2n) is 12.3. The fourth-order valence-electron chi connectivity index (χ4n) is 8.15. The third kappa shape index (κ3) is 3.66. The van der Waals surface area contributed by atoms with Crippen molar-refractivity contribution >= 4 is 18.3 Å². The molecule has 39 heavy (non-hydrogen) atoms. The average molecular weight is 549 g/mol. The van der Waals surface area contributed by atoms with Crippen LogP contribution in [0.15, 0.2) is 30.3 Å². The Morgan fingerprint density at radius 2 is 1.95 bits per heavy atom. The van der Waals surface area contributed by atoms with Crippen LogP contribution in [-0.2, 0) is 16.6 Å². The Labute approximate surface area is 236 Å². The molecule has 2 aromatic rings. The number of amides is 1. The number of aryl methyl sites for hydroxylation is 2. The van der Waals surface area contributed by atoms with E-state index in [9.17, 15) is 15.0 Å². The molecule has 2 aliphatic heterocycles. The van der Waals surface area contributed by atoms with E-state index in [-0.39, 0.29) is 36.2 Å². The zero-order valence-corrected chi connectivity index (χ0v) is 23.7. The SMILES string of the molecule is Cc1ccc(C#CC(=O)N(C)[C@@H]2CC[C@@H]3Oc4c(O)ccc5c4[C@@]34CCN(CC3CC3)[C@H](C5)[C@]24O)cc1C.Cl. The molecule has 0 aromatic heterocycles. The van der Waals surface area contributed by atoms with Gasteiger partial charge < -0.3 is 19.8 Å². The highest BCUT2D eigenvalue weighted by molar-refractivity contribution is 5.94.